The summed E-state index contributed by atoms with van der Waals surface area (Å²) < 4.78 is 42.0. The van der Waals surface area contributed by atoms with Crippen molar-refractivity contribution < 1.29 is 27.5 Å². The first-order chi connectivity index (χ1) is 15.8. The van der Waals surface area contributed by atoms with E-state index in [1.165, 1.54) is 36.4 Å². The summed E-state index contributed by atoms with van der Waals surface area (Å²) in [6.45, 7) is -2.92. The molecule has 0 bridgehead atoms. The number of benzene rings is 3. The van der Waals surface area contributed by atoms with Gasteiger partial charge in [0.2, 0.25) is 5.91 Å². The average Bonchev–Trinajstić information content (AvgIpc) is 2.79. The minimum absolute atomic E-state index is 0.000455. The van der Waals surface area contributed by atoms with Crippen LogP contribution in [-0.2, 0) is 11.2 Å². The van der Waals surface area contributed by atoms with Crippen LogP contribution in [-0.4, -0.2) is 25.0 Å². The van der Waals surface area contributed by atoms with Crippen molar-refractivity contribution in [2.45, 2.75) is 13.0 Å². The van der Waals surface area contributed by atoms with Gasteiger partial charge in [-0.15, -0.1) is 0 Å². The molecule has 0 aliphatic heterocycles. The molecule has 0 aromatic heterocycles. The van der Waals surface area contributed by atoms with E-state index in [0.29, 0.717) is 16.9 Å². The largest absolute Gasteiger partial charge is 0.435 e. The molecule has 0 saturated carbocycles. The van der Waals surface area contributed by atoms with Crippen LogP contribution in [0.15, 0.2) is 72.8 Å². The first kappa shape index (κ1) is 23.6. The molecule has 0 aliphatic rings. The number of hydrogen-bond acceptors (Lipinski definition) is 4. The van der Waals surface area contributed by atoms with Crippen molar-refractivity contribution in [2.75, 3.05) is 11.9 Å². The molecule has 3 aromatic rings. The lowest BCUT2D eigenvalue weighted by molar-refractivity contribution is -0.121. The highest BCUT2D eigenvalue weighted by atomic mass is 19.3. The second-order valence-electron chi connectivity index (χ2n) is 7.21. The first-order valence-electron chi connectivity index (χ1n) is 10.0. The zero-order valence-corrected chi connectivity index (χ0v) is 17.4. The normalized spacial score (nSPS) is 11.6. The van der Waals surface area contributed by atoms with Crippen LogP contribution < -0.4 is 21.1 Å². The van der Waals surface area contributed by atoms with Gasteiger partial charge in [0.25, 0.3) is 5.91 Å². The quantitative estimate of drug-likeness (QED) is 0.425. The molecule has 0 spiro atoms. The number of anilines is 2. The van der Waals surface area contributed by atoms with E-state index >= 15 is 0 Å². The van der Waals surface area contributed by atoms with Crippen molar-refractivity contribution in [2.24, 2.45) is 11.7 Å². The van der Waals surface area contributed by atoms with Crippen LogP contribution in [0.5, 0.6) is 5.75 Å². The Balaban J connectivity index is 1.66. The molecule has 0 saturated heterocycles. The number of ether oxygens (including phenoxy) is 1. The molecule has 1 unspecified atom stereocenters. The first-order valence-corrected chi connectivity index (χ1v) is 10.0. The lowest BCUT2D eigenvalue weighted by atomic mass is 9.98. The van der Waals surface area contributed by atoms with Crippen molar-refractivity contribution in [1.82, 2.24) is 5.32 Å². The molecule has 2 amide bonds. The predicted molar refractivity (Wildman–Crippen MR) is 118 cm³/mol. The molecule has 3 rings (SSSR count). The van der Waals surface area contributed by atoms with Gasteiger partial charge in [0, 0.05) is 12.2 Å². The number of nitrogens with two attached hydrogens (primary N) is 1. The number of amides is 2. The summed E-state index contributed by atoms with van der Waals surface area (Å²) in [5.74, 6) is -2.07. The smallest absolute Gasteiger partial charge is 0.387 e. The van der Waals surface area contributed by atoms with Gasteiger partial charge >= 0.3 is 6.61 Å². The highest BCUT2D eigenvalue weighted by Crippen LogP contribution is 2.24. The maximum absolute atomic E-state index is 13.1. The van der Waals surface area contributed by atoms with Gasteiger partial charge in [-0.05, 0) is 60.5 Å². The monoisotopic (exact) mass is 457 g/mol. The SMILES string of the molecule is NC(=O)C(CNC(=O)c1ccccc1Nc1ccc(OC(F)F)cc1)Cc1ccc(F)cc1. The van der Waals surface area contributed by atoms with E-state index in [-0.39, 0.29) is 24.5 Å². The van der Waals surface area contributed by atoms with E-state index < -0.39 is 24.3 Å². The number of alkyl halides is 2. The Hall–Kier alpha value is -4.01. The van der Waals surface area contributed by atoms with Crippen LogP contribution in [0, 0.1) is 11.7 Å². The average molecular weight is 457 g/mol. The Morgan fingerprint density at radius 3 is 2.24 bits per heavy atom. The van der Waals surface area contributed by atoms with Crippen molar-refractivity contribution in [3.8, 4) is 5.75 Å². The standard InChI is InChI=1S/C24H22F3N3O3/c25-17-7-5-15(6-8-17)13-16(22(28)31)14-29-23(32)20-3-1-2-4-21(20)30-18-9-11-19(12-10-18)33-24(26)27/h1-12,16,24,30H,13-14H2,(H2,28,31)(H,29,32). The summed E-state index contributed by atoms with van der Waals surface area (Å²) in [4.78, 5) is 24.6. The van der Waals surface area contributed by atoms with Crippen molar-refractivity contribution >= 4 is 23.2 Å². The number of halogens is 3. The number of hydrogen-bond donors (Lipinski definition) is 3. The Labute approximate surface area is 188 Å². The number of para-hydroxylation sites is 1. The van der Waals surface area contributed by atoms with Crippen LogP contribution >= 0.6 is 0 Å². The Kier molecular flexibility index (Phi) is 7.91. The maximum atomic E-state index is 13.1. The minimum Gasteiger partial charge on any atom is -0.435 e. The molecule has 3 aromatic carbocycles. The molecule has 4 N–H and O–H groups in total. The van der Waals surface area contributed by atoms with E-state index in [9.17, 15) is 22.8 Å². The molecule has 33 heavy (non-hydrogen) atoms. The van der Waals surface area contributed by atoms with E-state index in [0.717, 1.165) is 5.56 Å². The van der Waals surface area contributed by atoms with Gasteiger partial charge in [0.05, 0.1) is 17.2 Å². The summed E-state index contributed by atoms with van der Waals surface area (Å²) >= 11 is 0. The number of rotatable bonds is 10. The Bertz CT molecular complexity index is 1090. The zero-order chi connectivity index (χ0) is 23.8. The third-order valence-electron chi connectivity index (χ3n) is 4.84. The van der Waals surface area contributed by atoms with E-state index in [1.54, 1.807) is 36.4 Å². The Morgan fingerprint density at radius 2 is 1.61 bits per heavy atom. The zero-order valence-electron chi connectivity index (χ0n) is 17.4. The minimum atomic E-state index is -2.92. The molecule has 1 atom stereocenters. The van der Waals surface area contributed by atoms with Crippen LogP contribution in [0.1, 0.15) is 15.9 Å². The van der Waals surface area contributed by atoms with Gasteiger partial charge in [0.15, 0.2) is 0 Å². The second kappa shape index (κ2) is 11.0. The number of nitrogens with one attached hydrogen (secondary N) is 2. The summed E-state index contributed by atoms with van der Waals surface area (Å²) in [5, 5.41) is 5.77. The Morgan fingerprint density at radius 1 is 0.939 bits per heavy atom. The molecule has 172 valence electrons. The van der Waals surface area contributed by atoms with Gasteiger partial charge in [0.1, 0.15) is 11.6 Å². The number of carbonyl (C=O) groups excluding carboxylic acids is 2. The third-order valence-corrected chi connectivity index (χ3v) is 4.84. The molecule has 0 radical (unpaired) electrons. The topological polar surface area (TPSA) is 93.5 Å². The van der Waals surface area contributed by atoms with E-state index in [1.807, 2.05) is 0 Å². The van der Waals surface area contributed by atoms with Crippen molar-refractivity contribution in [1.29, 1.82) is 0 Å². The fourth-order valence-corrected chi connectivity index (χ4v) is 3.15. The maximum Gasteiger partial charge on any atom is 0.387 e. The van der Waals surface area contributed by atoms with Crippen LogP contribution in [0.3, 0.4) is 0 Å². The molecular weight excluding hydrogens is 435 g/mol. The lowest BCUT2D eigenvalue weighted by Crippen LogP contribution is -2.37. The molecular formula is C24H22F3N3O3. The summed E-state index contributed by atoms with van der Waals surface area (Å²) in [6, 6.07) is 18.2. The summed E-state index contributed by atoms with van der Waals surface area (Å²) in [6.07, 6.45) is 0.253. The fourth-order valence-electron chi connectivity index (χ4n) is 3.15. The van der Waals surface area contributed by atoms with Gasteiger partial charge < -0.3 is 21.1 Å². The van der Waals surface area contributed by atoms with Crippen LogP contribution in [0.4, 0.5) is 24.5 Å². The van der Waals surface area contributed by atoms with E-state index in [2.05, 4.69) is 15.4 Å². The highest BCUT2D eigenvalue weighted by molar-refractivity contribution is 6.00. The van der Waals surface area contributed by atoms with Crippen LogP contribution in [0.2, 0.25) is 0 Å². The van der Waals surface area contributed by atoms with Crippen molar-refractivity contribution in [3.63, 3.8) is 0 Å². The summed E-state index contributed by atoms with van der Waals surface area (Å²) in [7, 11) is 0. The van der Waals surface area contributed by atoms with E-state index in [4.69, 9.17) is 5.73 Å². The molecule has 0 fully saturated rings. The highest BCUT2D eigenvalue weighted by Gasteiger charge is 2.19. The fraction of sp³-hybridized carbons (Fsp3) is 0.167. The van der Waals surface area contributed by atoms with Crippen LogP contribution in [0.25, 0.3) is 0 Å². The van der Waals surface area contributed by atoms with Gasteiger partial charge in [-0.25, -0.2) is 4.39 Å². The lowest BCUT2D eigenvalue weighted by Gasteiger charge is -2.16. The predicted octanol–water partition coefficient (Wildman–Crippen LogP) is 4.24. The van der Waals surface area contributed by atoms with Crippen molar-refractivity contribution in [3.05, 3.63) is 89.7 Å². The molecule has 9 heteroatoms. The van der Waals surface area contributed by atoms with Gasteiger partial charge in [-0.3, -0.25) is 9.59 Å². The van der Waals surface area contributed by atoms with Gasteiger partial charge in [-0.2, -0.15) is 8.78 Å². The third kappa shape index (κ3) is 6.99. The molecule has 0 aliphatic carbocycles. The van der Waals surface area contributed by atoms with Gasteiger partial charge in [-0.1, -0.05) is 24.3 Å². The summed E-state index contributed by atoms with van der Waals surface area (Å²) in [5.41, 5.74) is 7.55. The molecule has 0 heterocycles. The second-order valence-corrected chi connectivity index (χ2v) is 7.21. The molecule has 6 nitrogen and oxygen atoms in total. The number of primary amides is 1. The number of carbonyl (C=O) groups is 2.